The molecule has 0 saturated carbocycles. The van der Waals surface area contributed by atoms with E-state index in [0.717, 1.165) is 41.4 Å². The van der Waals surface area contributed by atoms with Crippen LogP contribution in [0.4, 0.5) is 0 Å². The third-order valence-corrected chi connectivity index (χ3v) is 3.86. The van der Waals surface area contributed by atoms with Gasteiger partial charge < -0.3 is 19.5 Å². The fourth-order valence-corrected chi connectivity index (χ4v) is 2.47. The molecule has 0 fully saturated rings. The van der Waals surface area contributed by atoms with Crippen molar-refractivity contribution in [3.05, 3.63) is 53.6 Å². The summed E-state index contributed by atoms with van der Waals surface area (Å²) in [5.74, 6) is 2.45. The van der Waals surface area contributed by atoms with Gasteiger partial charge in [0.15, 0.2) is 11.5 Å². The first-order valence-corrected chi connectivity index (χ1v) is 8.06. The lowest BCUT2D eigenvalue weighted by Gasteiger charge is -2.10. The molecule has 120 valence electrons. The molecule has 4 nitrogen and oxygen atoms in total. The molecule has 1 aliphatic heterocycles. The van der Waals surface area contributed by atoms with Crippen molar-refractivity contribution in [3.8, 4) is 17.2 Å². The molecule has 1 heterocycles. The molecule has 0 aliphatic carbocycles. The first kappa shape index (κ1) is 15.6. The smallest absolute Gasteiger partial charge is 0.231 e. The number of fused-ring (bicyclic) bond motifs is 1. The SMILES string of the molecule is CCCOc1ccc(C(=S)NCc2ccc3c(c2)OCO3)cc1. The van der Waals surface area contributed by atoms with E-state index >= 15 is 0 Å². The van der Waals surface area contributed by atoms with Gasteiger partial charge in [-0.1, -0.05) is 25.2 Å². The van der Waals surface area contributed by atoms with E-state index < -0.39 is 0 Å². The van der Waals surface area contributed by atoms with Crippen LogP contribution in [0.3, 0.4) is 0 Å². The first-order chi connectivity index (χ1) is 11.3. The Hall–Kier alpha value is -2.27. The second-order valence-corrected chi connectivity index (χ2v) is 5.65. The van der Waals surface area contributed by atoms with Crippen LogP contribution >= 0.6 is 12.2 Å². The van der Waals surface area contributed by atoms with Crippen LogP contribution in [-0.4, -0.2) is 18.4 Å². The van der Waals surface area contributed by atoms with Gasteiger partial charge in [-0.3, -0.25) is 0 Å². The highest BCUT2D eigenvalue weighted by Crippen LogP contribution is 2.32. The summed E-state index contributed by atoms with van der Waals surface area (Å²) >= 11 is 5.44. The molecule has 0 saturated heterocycles. The van der Waals surface area contributed by atoms with Crippen molar-refractivity contribution < 1.29 is 14.2 Å². The second-order valence-electron chi connectivity index (χ2n) is 5.24. The van der Waals surface area contributed by atoms with Gasteiger partial charge in [0.05, 0.1) is 6.61 Å². The van der Waals surface area contributed by atoms with Crippen molar-refractivity contribution in [2.45, 2.75) is 19.9 Å². The quantitative estimate of drug-likeness (QED) is 0.819. The summed E-state index contributed by atoms with van der Waals surface area (Å²) < 4.78 is 16.3. The van der Waals surface area contributed by atoms with Crippen molar-refractivity contribution in [1.82, 2.24) is 5.32 Å². The van der Waals surface area contributed by atoms with Crippen molar-refractivity contribution >= 4 is 17.2 Å². The van der Waals surface area contributed by atoms with Gasteiger partial charge in [-0.25, -0.2) is 0 Å². The normalized spacial score (nSPS) is 12.0. The Morgan fingerprint density at radius 2 is 1.91 bits per heavy atom. The van der Waals surface area contributed by atoms with Gasteiger partial charge >= 0.3 is 0 Å². The molecule has 0 atom stereocenters. The largest absolute Gasteiger partial charge is 0.494 e. The molecule has 0 radical (unpaired) electrons. The highest BCUT2D eigenvalue weighted by atomic mass is 32.1. The average molecular weight is 329 g/mol. The molecule has 0 aromatic heterocycles. The van der Waals surface area contributed by atoms with Crippen LogP contribution in [0.2, 0.25) is 0 Å². The Morgan fingerprint density at radius 3 is 2.70 bits per heavy atom. The maximum absolute atomic E-state index is 5.57. The second kappa shape index (κ2) is 7.33. The summed E-state index contributed by atoms with van der Waals surface area (Å²) in [5, 5.41) is 3.26. The van der Waals surface area contributed by atoms with Gasteiger partial charge in [-0.2, -0.15) is 0 Å². The van der Waals surface area contributed by atoms with Gasteiger partial charge in [0.25, 0.3) is 0 Å². The lowest BCUT2D eigenvalue weighted by atomic mass is 10.2. The maximum atomic E-state index is 5.57. The van der Waals surface area contributed by atoms with Crippen molar-refractivity contribution in [2.24, 2.45) is 0 Å². The lowest BCUT2D eigenvalue weighted by Crippen LogP contribution is -2.21. The standard InChI is InChI=1S/C18H19NO3S/c1-2-9-20-15-6-4-14(5-7-15)18(23)19-11-13-3-8-16-17(10-13)22-12-21-16/h3-8,10H,2,9,11-12H2,1H3,(H,19,23). The number of hydrogen-bond acceptors (Lipinski definition) is 4. The van der Waals surface area contributed by atoms with Gasteiger partial charge in [-0.05, 0) is 48.4 Å². The van der Waals surface area contributed by atoms with E-state index in [4.69, 9.17) is 26.4 Å². The molecule has 3 rings (SSSR count). The number of hydrogen-bond donors (Lipinski definition) is 1. The van der Waals surface area contributed by atoms with E-state index in [-0.39, 0.29) is 6.79 Å². The molecule has 2 aromatic carbocycles. The van der Waals surface area contributed by atoms with Crippen LogP contribution in [0, 0.1) is 0 Å². The Kier molecular flexibility index (Phi) is 4.98. The van der Waals surface area contributed by atoms with Crippen LogP contribution < -0.4 is 19.5 Å². The summed E-state index contributed by atoms with van der Waals surface area (Å²) in [4.78, 5) is 0.713. The highest BCUT2D eigenvalue weighted by Gasteiger charge is 2.13. The molecule has 5 heteroatoms. The molecule has 23 heavy (non-hydrogen) atoms. The van der Waals surface area contributed by atoms with Crippen molar-refractivity contribution in [2.75, 3.05) is 13.4 Å². The van der Waals surface area contributed by atoms with Gasteiger partial charge in [0, 0.05) is 12.1 Å². The van der Waals surface area contributed by atoms with E-state index in [1.165, 1.54) is 0 Å². The van der Waals surface area contributed by atoms with Gasteiger partial charge in [0.2, 0.25) is 6.79 Å². The summed E-state index contributed by atoms with van der Waals surface area (Å²) in [6, 6.07) is 13.7. The van der Waals surface area contributed by atoms with E-state index in [1.807, 2.05) is 42.5 Å². The van der Waals surface area contributed by atoms with Gasteiger partial charge in [-0.15, -0.1) is 0 Å². The topological polar surface area (TPSA) is 39.7 Å². The Balaban J connectivity index is 1.56. The van der Waals surface area contributed by atoms with E-state index in [9.17, 15) is 0 Å². The number of benzene rings is 2. The highest BCUT2D eigenvalue weighted by molar-refractivity contribution is 7.80. The molecule has 2 aromatic rings. The minimum atomic E-state index is 0.289. The van der Waals surface area contributed by atoms with Crippen LogP contribution in [-0.2, 0) is 6.54 Å². The number of thiocarbonyl (C=S) groups is 1. The van der Waals surface area contributed by atoms with E-state index in [0.29, 0.717) is 11.5 Å². The summed E-state index contributed by atoms with van der Waals surface area (Å²) in [7, 11) is 0. The monoisotopic (exact) mass is 329 g/mol. The molecule has 0 bridgehead atoms. The lowest BCUT2D eigenvalue weighted by molar-refractivity contribution is 0.174. The molecular formula is C18H19NO3S. The molecule has 1 aliphatic rings. The Labute approximate surface area is 141 Å². The zero-order valence-electron chi connectivity index (χ0n) is 13.0. The molecule has 1 N–H and O–H groups in total. The zero-order valence-corrected chi connectivity index (χ0v) is 13.8. The van der Waals surface area contributed by atoms with Crippen molar-refractivity contribution in [3.63, 3.8) is 0 Å². The third-order valence-electron chi connectivity index (χ3n) is 3.48. The fraction of sp³-hybridized carbons (Fsp3) is 0.278. The summed E-state index contributed by atoms with van der Waals surface area (Å²) in [6.07, 6.45) is 0.997. The Morgan fingerprint density at radius 1 is 1.13 bits per heavy atom. The molecule has 0 spiro atoms. The number of ether oxygens (including phenoxy) is 3. The summed E-state index contributed by atoms with van der Waals surface area (Å²) in [5.41, 5.74) is 2.07. The van der Waals surface area contributed by atoms with E-state index in [2.05, 4.69) is 12.2 Å². The molecule has 0 unspecified atom stereocenters. The van der Waals surface area contributed by atoms with Crippen LogP contribution in [0.1, 0.15) is 24.5 Å². The van der Waals surface area contributed by atoms with Crippen LogP contribution in [0.15, 0.2) is 42.5 Å². The third kappa shape index (κ3) is 3.93. The minimum absolute atomic E-state index is 0.289. The number of rotatable bonds is 6. The first-order valence-electron chi connectivity index (χ1n) is 7.66. The Bertz CT molecular complexity index is 685. The van der Waals surface area contributed by atoms with E-state index in [1.54, 1.807) is 0 Å². The predicted molar refractivity (Wildman–Crippen MR) is 93.3 cm³/mol. The summed E-state index contributed by atoms with van der Waals surface area (Å²) in [6.45, 7) is 3.75. The molecule has 0 amide bonds. The minimum Gasteiger partial charge on any atom is -0.494 e. The van der Waals surface area contributed by atoms with Crippen molar-refractivity contribution in [1.29, 1.82) is 0 Å². The molecular weight excluding hydrogens is 310 g/mol. The van der Waals surface area contributed by atoms with Gasteiger partial charge in [0.1, 0.15) is 10.7 Å². The average Bonchev–Trinajstić information content (AvgIpc) is 3.06. The van der Waals surface area contributed by atoms with Crippen LogP contribution in [0.5, 0.6) is 17.2 Å². The fourth-order valence-electron chi connectivity index (χ4n) is 2.26. The zero-order chi connectivity index (χ0) is 16.1. The number of nitrogens with one attached hydrogen (secondary N) is 1. The maximum Gasteiger partial charge on any atom is 0.231 e. The van der Waals surface area contributed by atoms with Crippen LogP contribution in [0.25, 0.3) is 0 Å². The predicted octanol–water partition coefficient (Wildman–Crippen LogP) is 3.67.